The summed E-state index contributed by atoms with van der Waals surface area (Å²) in [6.45, 7) is 0.434. The zero-order valence-corrected chi connectivity index (χ0v) is 13.2. The minimum absolute atomic E-state index is 0.0388. The van der Waals surface area contributed by atoms with Crippen LogP contribution in [0.1, 0.15) is 26.5 Å². The van der Waals surface area contributed by atoms with E-state index in [0.717, 1.165) is 5.76 Å². The predicted octanol–water partition coefficient (Wildman–Crippen LogP) is 3.84. The molecule has 0 saturated carbocycles. The number of rotatable bonds is 6. The highest BCUT2D eigenvalue weighted by Gasteiger charge is 2.15. The van der Waals surface area contributed by atoms with Crippen molar-refractivity contribution in [1.29, 1.82) is 0 Å². The van der Waals surface area contributed by atoms with Gasteiger partial charge in [-0.3, -0.25) is 4.79 Å². The first-order chi connectivity index (χ1) is 12.1. The highest BCUT2D eigenvalue weighted by atomic mass is 16.4. The van der Waals surface area contributed by atoms with E-state index in [2.05, 4.69) is 10.6 Å². The monoisotopic (exact) mass is 336 g/mol. The Kier molecular flexibility index (Phi) is 4.80. The SMILES string of the molecule is O=C(O)c1ccccc1NC(=O)c1ccccc1NCc1ccco1. The van der Waals surface area contributed by atoms with Gasteiger partial charge in [0, 0.05) is 5.69 Å². The molecular formula is C19H16N2O4. The van der Waals surface area contributed by atoms with E-state index in [-0.39, 0.29) is 11.3 Å². The predicted molar refractivity (Wildman–Crippen MR) is 93.8 cm³/mol. The van der Waals surface area contributed by atoms with E-state index in [4.69, 9.17) is 4.42 Å². The molecule has 0 radical (unpaired) electrons. The van der Waals surface area contributed by atoms with Gasteiger partial charge in [0.15, 0.2) is 0 Å². The van der Waals surface area contributed by atoms with E-state index in [0.29, 0.717) is 17.8 Å². The fourth-order valence-electron chi connectivity index (χ4n) is 2.40. The van der Waals surface area contributed by atoms with E-state index in [1.165, 1.54) is 6.07 Å². The number of aromatic carboxylic acids is 1. The van der Waals surface area contributed by atoms with Crippen molar-refractivity contribution in [1.82, 2.24) is 0 Å². The van der Waals surface area contributed by atoms with Crippen LogP contribution in [0.3, 0.4) is 0 Å². The Balaban J connectivity index is 1.80. The number of carboxylic acid groups (broad SMARTS) is 1. The van der Waals surface area contributed by atoms with Gasteiger partial charge in [-0.2, -0.15) is 0 Å². The number of nitrogens with one attached hydrogen (secondary N) is 2. The average molecular weight is 336 g/mol. The van der Waals surface area contributed by atoms with Gasteiger partial charge in [-0.1, -0.05) is 24.3 Å². The molecule has 3 N–H and O–H groups in total. The molecule has 3 rings (SSSR count). The molecule has 6 heteroatoms. The molecule has 1 aromatic heterocycles. The summed E-state index contributed by atoms with van der Waals surface area (Å²) >= 11 is 0. The van der Waals surface area contributed by atoms with Crippen LogP contribution in [0.4, 0.5) is 11.4 Å². The van der Waals surface area contributed by atoms with Gasteiger partial charge < -0.3 is 20.2 Å². The van der Waals surface area contributed by atoms with Gasteiger partial charge >= 0.3 is 5.97 Å². The van der Waals surface area contributed by atoms with Crippen LogP contribution in [0.5, 0.6) is 0 Å². The van der Waals surface area contributed by atoms with Crippen LogP contribution in [0.15, 0.2) is 71.3 Å². The topological polar surface area (TPSA) is 91.6 Å². The van der Waals surface area contributed by atoms with Crippen LogP contribution < -0.4 is 10.6 Å². The number of carbonyl (C=O) groups excluding carboxylic acids is 1. The lowest BCUT2D eigenvalue weighted by molar-refractivity contribution is 0.0698. The number of carbonyl (C=O) groups is 2. The lowest BCUT2D eigenvalue weighted by Crippen LogP contribution is -2.16. The molecule has 0 unspecified atom stereocenters. The molecule has 6 nitrogen and oxygen atoms in total. The number of hydrogen-bond acceptors (Lipinski definition) is 4. The molecular weight excluding hydrogens is 320 g/mol. The lowest BCUT2D eigenvalue weighted by Gasteiger charge is -2.12. The third kappa shape index (κ3) is 3.87. The molecule has 1 heterocycles. The van der Waals surface area contributed by atoms with Crippen molar-refractivity contribution in [2.75, 3.05) is 10.6 Å². The maximum Gasteiger partial charge on any atom is 0.337 e. The number of amides is 1. The molecule has 0 aliphatic rings. The molecule has 25 heavy (non-hydrogen) atoms. The smallest absolute Gasteiger partial charge is 0.337 e. The second-order valence-corrected chi connectivity index (χ2v) is 5.28. The molecule has 3 aromatic rings. The highest BCUT2D eigenvalue weighted by molar-refractivity contribution is 6.10. The fourth-order valence-corrected chi connectivity index (χ4v) is 2.40. The van der Waals surface area contributed by atoms with Crippen LogP contribution in [-0.4, -0.2) is 17.0 Å². The number of para-hydroxylation sites is 2. The summed E-state index contributed by atoms with van der Waals surface area (Å²) in [6.07, 6.45) is 1.58. The molecule has 0 aliphatic carbocycles. The van der Waals surface area contributed by atoms with Crippen molar-refractivity contribution in [2.45, 2.75) is 6.54 Å². The molecule has 0 spiro atoms. The van der Waals surface area contributed by atoms with Crippen molar-refractivity contribution < 1.29 is 19.1 Å². The number of carboxylic acids is 1. The van der Waals surface area contributed by atoms with E-state index in [1.807, 2.05) is 12.1 Å². The van der Waals surface area contributed by atoms with Crippen molar-refractivity contribution in [3.63, 3.8) is 0 Å². The molecule has 0 saturated heterocycles. The van der Waals surface area contributed by atoms with Crippen LogP contribution in [0.25, 0.3) is 0 Å². The molecule has 126 valence electrons. The maximum absolute atomic E-state index is 12.6. The van der Waals surface area contributed by atoms with Crippen LogP contribution in [-0.2, 0) is 6.54 Å². The molecule has 0 aliphatic heterocycles. The summed E-state index contributed by atoms with van der Waals surface area (Å²) in [6, 6.07) is 16.9. The molecule has 0 fully saturated rings. The third-order valence-electron chi connectivity index (χ3n) is 3.61. The van der Waals surface area contributed by atoms with Gasteiger partial charge in [-0.15, -0.1) is 0 Å². The summed E-state index contributed by atoms with van der Waals surface area (Å²) in [5.41, 5.74) is 1.33. The Morgan fingerprint density at radius 3 is 2.24 bits per heavy atom. The first-order valence-corrected chi connectivity index (χ1v) is 7.64. The number of anilines is 2. The first-order valence-electron chi connectivity index (χ1n) is 7.64. The first kappa shape index (κ1) is 16.3. The minimum Gasteiger partial charge on any atom is -0.478 e. The Morgan fingerprint density at radius 1 is 0.880 bits per heavy atom. The van der Waals surface area contributed by atoms with Gasteiger partial charge in [-0.25, -0.2) is 4.79 Å². The number of furan rings is 1. The quantitative estimate of drug-likeness (QED) is 0.636. The minimum atomic E-state index is -1.10. The van der Waals surface area contributed by atoms with E-state index in [1.54, 1.807) is 48.7 Å². The Morgan fingerprint density at radius 2 is 1.56 bits per heavy atom. The zero-order valence-electron chi connectivity index (χ0n) is 13.2. The molecule has 2 aromatic carbocycles. The highest BCUT2D eigenvalue weighted by Crippen LogP contribution is 2.20. The molecule has 1 amide bonds. The normalized spacial score (nSPS) is 10.2. The van der Waals surface area contributed by atoms with Crippen LogP contribution in [0, 0.1) is 0 Å². The summed E-state index contributed by atoms with van der Waals surface area (Å²) in [4.78, 5) is 23.9. The summed E-state index contributed by atoms with van der Waals surface area (Å²) in [5.74, 6) is -0.747. The van der Waals surface area contributed by atoms with Crippen molar-refractivity contribution in [2.24, 2.45) is 0 Å². The number of hydrogen-bond donors (Lipinski definition) is 3. The second-order valence-electron chi connectivity index (χ2n) is 5.28. The standard InChI is InChI=1S/C19H16N2O4/c22-18(21-17-10-4-2-8-15(17)19(23)24)14-7-1-3-9-16(14)20-12-13-6-5-11-25-13/h1-11,20H,12H2,(H,21,22)(H,23,24). The van der Waals surface area contributed by atoms with Gasteiger partial charge in [-0.05, 0) is 36.4 Å². The largest absolute Gasteiger partial charge is 0.478 e. The number of benzene rings is 2. The van der Waals surface area contributed by atoms with Gasteiger partial charge in [0.1, 0.15) is 5.76 Å². The van der Waals surface area contributed by atoms with Crippen molar-refractivity contribution >= 4 is 23.3 Å². The Hall–Kier alpha value is -3.54. The maximum atomic E-state index is 12.6. The van der Waals surface area contributed by atoms with Gasteiger partial charge in [0.25, 0.3) is 5.91 Å². The summed E-state index contributed by atoms with van der Waals surface area (Å²) in [5, 5.41) is 15.0. The van der Waals surface area contributed by atoms with Gasteiger partial charge in [0.05, 0.1) is 29.6 Å². The fraction of sp³-hybridized carbons (Fsp3) is 0.0526. The van der Waals surface area contributed by atoms with Crippen molar-refractivity contribution in [3.05, 3.63) is 83.8 Å². The van der Waals surface area contributed by atoms with Crippen LogP contribution >= 0.6 is 0 Å². The van der Waals surface area contributed by atoms with Crippen LogP contribution in [0.2, 0.25) is 0 Å². The van der Waals surface area contributed by atoms with E-state index in [9.17, 15) is 14.7 Å². The molecule has 0 atom stereocenters. The summed E-state index contributed by atoms with van der Waals surface area (Å²) < 4.78 is 5.26. The zero-order chi connectivity index (χ0) is 17.6. The van der Waals surface area contributed by atoms with Gasteiger partial charge in [0.2, 0.25) is 0 Å². The average Bonchev–Trinajstić information content (AvgIpc) is 3.14. The Labute approximate surface area is 144 Å². The van der Waals surface area contributed by atoms with E-state index < -0.39 is 11.9 Å². The van der Waals surface area contributed by atoms with E-state index >= 15 is 0 Å². The third-order valence-corrected chi connectivity index (χ3v) is 3.61. The van der Waals surface area contributed by atoms with Crippen molar-refractivity contribution in [3.8, 4) is 0 Å². The lowest BCUT2D eigenvalue weighted by atomic mass is 10.1. The second kappa shape index (κ2) is 7.35. The summed E-state index contributed by atoms with van der Waals surface area (Å²) in [7, 11) is 0. The Bertz CT molecular complexity index is 888. The molecule has 0 bridgehead atoms.